The Hall–Kier alpha value is -4.18. The van der Waals surface area contributed by atoms with E-state index in [1.54, 1.807) is 30.8 Å². The number of aromatic nitrogens is 4. The number of nitrogens with one attached hydrogen (secondary N) is 1. The molecule has 0 bridgehead atoms. The molecule has 1 aromatic carbocycles. The van der Waals surface area contributed by atoms with E-state index < -0.39 is 6.10 Å². The molecule has 1 atom stereocenters. The van der Waals surface area contributed by atoms with Crippen molar-refractivity contribution >= 4 is 11.7 Å². The van der Waals surface area contributed by atoms with E-state index in [1.807, 2.05) is 65.2 Å². The van der Waals surface area contributed by atoms with Crippen LogP contribution in [0.15, 0.2) is 46.9 Å². The molecule has 37 heavy (non-hydrogen) atoms. The minimum Gasteiger partial charge on any atom is -0.493 e. The lowest BCUT2D eigenvalue weighted by Gasteiger charge is -2.18. The van der Waals surface area contributed by atoms with Crippen LogP contribution >= 0.6 is 0 Å². The Morgan fingerprint density at radius 3 is 2.49 bits per heavy atom. The molecule has 0 fully saturated rings. The highest BCUT2D eigenvalue weighted by atomic mass is 16.5. The van der Waals surface area contributed by atoms with Gasteiger partial charge in [-0.25, -0.2) is 14.6 Å². The van der Waals surface area contributed by atoms with E-state index in [4.69, 9.17) is 13.9 Å². The number of anilines is 1. The molecule has 1 N–H and O–H groups in total. The van der Waals surface area contributed by atoms with Gasteiger partial charge in [-0.1, -0.05) is 6.07 Å². The highest BCUT2D eigenvalue weighted by Gasteiger charge is 2.20. The van der Waals surface area contributed by atoms with E-state index in [2.05, 4.69) is 25.3 Å². The number of carbonyl (C=O) groups excluding carboxylic acids is 1. The Labute approximate surface area is 216 Å². The van der Waals surface area contributed by atoms with Crippen LogP contribution in [-0.2, 0) is 11.3 Å². The first-order valence-electron chi connectivity index (χ1n) is 11.9. The molecule has 10 nitrogen and oxygen atoms in total. The number of carbonyl (C=O) groups is 1. The number of benzene rings is 1. The van der Waals surface area contributed by atoms with Gasteiger partial charge in [0.2, 0.25) is 0 Å². The smallest absolute Gasteiger partial charge is 0.266 e. The fraction of sp³-hybridized carbons (Fsp3) is 0.333. The summed E-state index contributed by atoms with van der Waals surface area (Å²) in [6.45, 7) is 8.12. The van der Waals surface area contributed by atoms with Crippen LogP contribution in [0, 0.1) is 20.8 Å². The maximum Gasteiger partial charge on any atom is 0.266 e. The number of methoxy groups -OCH3 is 1. The SMILES string of the molecule is COc1cc(CN(C)C)ccc1OC(C)C(=O)Nc1cc(-n2nc(C)cc2C)nc(-c2ccc(C)o2)n1. The summed E-state index contributed by atoms with van der Waals surface area (Å²) in [6.07, 6.45) is -0.824. The fourth-order valence-electron chi connectivity index (χ4n) is 3.88. The lowest BCUT2D eigenvalue weighted by atomic mass is 10.2. The summed E-state index contributed by atoms with van der Waals surface area (Å²) in [6, 6.07) is 12.9. The van der Waals surface area contributed by atoms with Gasteiger partial charge >= 0.3 is 0 Å². The molecule has 0 aliphatic carbocycles. The van der Waals surface area contributed by atoms with Crippen molar-refractivity contribution in [3.8, 4) is 28.9 Å². The predicted octanol–water partition coefficient (Wildman–Crippen LogP) is 4.32. The summed E-state index contributed by atoms with van der Waals surface area (Å²) in [4.78, 5) is 24.3. The van der Waals surface area contributed by atoms with Gasteiger partial charge in [0.05, 0.1) is 12.8 Å². The molecule has 4 rings (SSSR count). The molecular formula is C27H32N6O4. The zero-order valence-corrected chi connectivity index (χ0v) is 22.2. The summed E-state index contributed by atoms with van der Waals surface area (Å²) in [5.74, 6) is 3.02. The van der Waals surface area contributed by atoms with Crippen LogP contribution < -0.4 is 14.8 Å². The first kappa shape index (κ1) is 25.9. The Kier molecular flexibility index (Phi) is 7.58. The first-order chi connectivity index (χ1) is 17.6. The van der Waals surface area contributed by atoms with Gasteiger partial charge in [0.1, 0.15) is 11.6 Å². The number of hydrogen-bond donors (Lipinski definition) is 1. The van der Waals surface area contributed by atoms with Crippen molar-refractivity contribution in [2.24, 2.45) is 0 Å². The van der Waals surface area contributed by atoms with E-state index in [-0.39, 0.29) is 5.91 Å². The largest absolute Gasteiger partial charge is 0.493 e. The lowest BCUT2D eigenvalue weighted by molar-refractivity contribution is -0.122. The summed E-state index contributed by atoms with van der Waals surface area (Å²) in [5.41, 5.74) is 2.82. The minimum atomic E-state index is -0.824. The summed E-state index contributed by atoms with van der Waals surface area (Å²) < 4.78 is 18.9. The standard InChI is InChI=1S/C27H32N6O4/c1-16-12-17(2)33(31-16)25-14-24(28-26(30-25)22-10-8-18(3)36-22)29-27(34)19(4)37-21-11-9-20(15-32(5)6)13-23(21)35-7/h8-14,19H,15H2,1-7H3,(H,28,29,30,34). The maximum atomic E-state index is 13.1. The molecule has 3 heterocycles. The van der Waals surface area contributed by atoms with Gasteiger partial charge in [0, 0.05) is 18.3 Å². The van der Waals surface area contributed by atoms with Crippen molar-refractivity contribution in [3.05, 3.63) is 65.2 Å². The van der Waals surface area contributed by atoms with Gasteiger partial charge in [-0.2, -0.15) is 5.10 Å². The third kappa shape index (κ3) is 6.15. The average Bonchev–Trinajstić information content (AvgIpc) is 3.43. The molecule has 0 aliphatic heterocycles. The molecule has 1 unspecified atom stereocenters. The molecular weight excluding hydrogens is 472 g/mol. The summed E-state index contributed by atoms with van der Waals surface area (Å²) >= 11 is 0. The van der Waals surface area contributed by atoms with Gasteiger partial charge in [0.15, 0.2) is 35.0 Å². The van der Waals surface area contributed by atoms with Crippen LogP contribution in [0.25, 0.3) is 17.4 Å². The third-order valence-corrected chi connectivity index (χ3v) is 5.55. The monoisotopic (exact) mass is 504 g/mol. The van der Waals surface area contributed by atoms with Gasteiger partial charge in [-0.3, -0.25) is 4.79 Å². The Balaban J connectivity index is 1.59. The fourth-order valence-corrected chi connectivity index (χ4v) is 3.88. The molecule has 0 saturated heterocycles. The molecule has 4 aromatic rings. The third-order valence-electron chi connectivity index (χ3n) is 5.55. The topological polar surface area (TPSA) is 108 Å². The highest BCUT2D eigenvalue weighted by molar-refractivity contribution is 5.93. The van der Waals surface area contributed by atoms with Gasteiger partial charge in [0.25, 0.3) is 5.91 Å². The van der Waals surface area contributed by atoms with Gasteiger partial charge < -0.3 is 24.1 Å². The number of furan rings is 1. The number of amides is 1. The van der Waals surface area contributed by atoms with E-state index in [9.17, 15) is 4.79 Å². The molecule has 0 saturated carbocycles. The van der Waals surface area contributed by atoms with Crippen molar-refractivity contribution in [2.45, 2.75) is 40.3 Å². The minimum absolute atomic E-state index is 0.301. The van der Waals surface area contributed by atoms with Crippen LogP contribution in [0.3, 0.4) is 0 Å². The van der Waals surface area contributed by atoms with Crippen LogP contribution in [0.2, 0.25) is 0 Å². The number of hydrogen-bond acceptors (Lipinski definition) is 8. The molecule has 0 aliphatic rings. The van der Waals surface area contributed by atoms with E-state index in [0.29, 0.717) is 34.7 Å². The van der Waals surface area contributed by atoms with Gasteiger partial charge in [-0.15, -0.1) is 0 Å². The van der Waals surface area contributed by atoms with Crippen LogP contribution in [-0.4, -0.2) is 57.9 Å². The Bertz CT molecular complexity index is 1410. The summed E-state index contributed by atoms with van der Waals surface area (Å²) in [5, 5.41) is 7.36. The number of rotatable bonds is 9. The molecule has 1 amide bonds. The molecule has 10 heteroatoms. The second kappa shape index (κ2) is 10.8. The van der Waals surface area contributed by atoms with Crippen molar-refractivity contribution in [3.63, 3.8) is 0 Å². The van der Waals surface area contributed by atoms with E-state index in [0.717, 1.165) is 29.3 Å². The first-order valence-corrected chi connectivity index (χ1v) is 11.9. The van der Waals surface area contributed by atoms with Crippen molar-refractivity contribution < 1.29 is 18.7 Å². The van der Waals surface area contributed by atoms with E-state index in [1.165, 1.54) is 0 Å². The Morgan fingerprint density at radius 1 is 1.08 bits per heavy atom. The summed E-state index contributed by atoms with van der Waals surface area (Å²) in [7, 11) is 5.57. The molecule has 0 spiro atoms. The zero-order chi connectivity index (χ0) is 26.7. The van der Waals surface area contributed by atoms with Crippen LogP contribution in [0.5, 0.6) is 11.5 Å². The highest BCUT2D eigenvalue weighted by Crippen LogP contribution is 2.30. The second-order valence-electron chi connectivity index (χ2n) is 9.16. The second-order valence-corrected chi connectivity index (χ2v) is 9.16. The average molecular weight is 505 g/mol. The van der Waals surface area contributed by atoms with Crippen molar-refractivity contribution in [1.82, 2.24) is 24.6 Å². The predicted molar refractivity (Wildman–Crippen MR) is 140 cm³/mol. The van der Waals surface area contributed by atoms with Crippen LogP contribution in [0.1, 0.15) is 29.6 Å². The Morgan fingerprint density at radius 2 is 1.86 bits per heavy atom. The normalized spacial score (nSPS) is 12.0. The number of nitrogens with zero attached hydrogens (tertiary/aromatic N) is 5. The molecule has 194 valence electrons. The van der Waals surface area contributed by atoms with E-state index >= 15 is 0 Å². The quantitative estimate of drug-likeness (QED) is 0.359. The van der Waals surface area contributed by atoms with Crippen molar-refractivity contribution in [2.75, 3.05) is 26.5 Å². The number of ether oxygens (including phenoxy) is 2. The van der Waals surface area contributed by atoms with Crippen molar-refractivity contribution in [1.29, 1.82) is 0 Å². The van der Waals surface area contributed by atoms with Gasteiger partial charge in [-0.05, 0) is 77.7 Å². The maximum absolute atomic E-state index is 13.1. The molecule has 0 radical (unpaired) electrons. The molecule has 3 aromatic heterocycles. The zero-order valence-electron chi connectivity index (χ0n) is 22.2. The van der Waals surface area contributed by atoms with Crippen LogP contribution in [0.4, 0.5) is 5.82 Å². The lowest BCUT2D eigenvalue weighted by Crippen LogP contribution is -2.30. The number of aryl methyl sites for hydroxylation is 3.